The highest BCUT2D eigenvalue weighted by Crippen LogP contribution is 2.20. The van der Waals surface area contributed by atoms with Crippen LogP contribution >= 0.6 is 39.0 Å². The summed E-state index contributed by atoms with van der Waals surface area (Å²) in [6.45, 7) is 2.82. The fourth-order valence-corrected chi connectivity index (χ4v) is 3.96. The highest BCUT2D eigenvalue weighted by atomic mass is 79.9. The molecule has 0 saturated carbocycles. The number of carbonyl (C=O) groups excluding carboxylic acids is 1. The lowest BCUT2D eigenvalue weighted by atomic mass is 10.3. The van der Waals surface area contributed by atoms with Crippen molar-refractivity contribution in [3.8, 4) is 0 Å². The highest BCUT2D eigenvalue weighted by molar-refractivity contribution is 9.10. The molecule has 130 valence electrons. The molecule has 3 aromatic rings. The summed E-state index contributed by atoms with van der Waals surface area (Å²) < 4.78 is 2.92. The molecule has 1 N–H and O–H groups in total. The number of thioether (sulfide) groups is 1. The first-order valence-corrected chi connectivity index (χ1v) is 10.3. The molecule has 0 spiro atoms. The van der Waals surface area contributed by atoms with Crippen molar-refractivity contribution in [2.75, 3.05) is 11.1 Å². The SMILES string of the molecule is CCn1c(Cc2cccs2)nnc1SCC(=O)Nc1ccc(Br)cn1. The van der Waals surface area contributed by atoms with Gasteiger partial charge < -0.3 is 9.88 Å². The average molecular weight is 438 g/mol. The van der Waals surface area contributed by atoms with Gasteiger partial charge in [-0.25, -0.2) is 4.98 Å². The van der Waals surface area contributed by atoms with Crippen LogP contribution in [0.15, 0.2) is 45.5 Å². The van der Waals surface area contributed by atoms with Crippen LogP contribution in [0.2, 0.25) is 0 Å². The Balaban J connectivity index is 1.59. The molecule has 0 fully saturated rings. The monoisotopic (exact) mass is 437 g/mol. The maximum atomic E-state index is 12.1. The first-order valence-electron chi connectivity index (χ1n) is 7.64. The molecule has 0 radical (unpaired) electrons. The number of thiophene rings is 1. The van der Waals surface area contributed by atoms with Crippen LogP contribution in [-0.4, -0.2) is 31.4 Å². The lowest BCUT2D eigenvalue weighted by molar-refractivity contribution is -0.113. The van der Waals surface area contributed by atoms with Crippen molar-refractivity contribution in [1.29, 1.82) is 0 Å². The molecule has 3 aromatic heterocycles. The Labute approximate surface area is 162 Å². The first-order chi connectivity index (χ1) is 12.2. The van der Waals surface area contributed by atoms with E-state index in [0.29, 0.717) is 5.82 Å². The van der Waals surface area contributed by atoms with Gasteiger partial charge in [0, 0.05) is 28.5 Å². The molecule has 0 bridgehead atoms. The Morgan fingerprint density at radius 2 is 2.24 bits per heavy atom. The summed E-state index contributed by atoms with van der Waals surface area (Å²) >= 11 is 6.40. The maximum Gasteiger partial charge on any atom is 0.236 e. The fraction of sp³-hybridized carbons (Fsp3) is 0.250. The van der Waals surface area contributed by atoms with E-state index in [2.05, 4.69) is 59.4 Å². The molecular formula is C16H16BrN5OS2. The van der Waals surface area contributed by atoms with Gasteiger partial charge in [0.25, 0.3) is 0 Å². The number of carbonyl (C=O) groups is 1. The molecule has 9 heteroatoms. The Morgan fingerprint density at radius 1 is 1.36 bits per heavy atom. The summed E-state index contributed by atoms with van der Waals surface area (Å²) in [6.07, 6.45) is 2.40. The fourth-order valence-electron chi connectivity index (χ4n) is 2.20. The molecule has 0 aliphatic heterocycles. The standard InChI is InChI=1S/C16H16BrN5OS2/c1-2-22-14(8-12-4-3-7-24-12)20-21-16(22)25-10-15(23)19-13-6-5-11(17)9-18-13/h3-7,9H,2,8,10H2,1H3,(H,18,19,23). The zero-order valence-electron chi connectivity index (χ0n) is 13.5. The van der Waals surface area contributed by atoms with Gasteiger partial charge in [0.2, 0.25) is 5.91 Å². The number of hydrogen-bond donors (Lipinski definition) is 1. The van der Waals surface area contributed by atoms with Crippen molar-refractivity contribution in [2.45, 2.75) is 25.0 Å². The number of aromatic nitrogens is 4. The van der Waals surface area contributed by atoms with Gasteiger partial charge >= 0.3 is 0 Å². The van der Waals surface area contributed by atoms with Crippen LogP contribution in [0.3, 0.4) is 0 Å². The molecule has 0 atom stereocenters. The smallest absolute Gasteiger partial charge is 0.236 e. The molecule has 25 heavy (non-hydrogen) atoms. The van der Waals surface area contributed by atoms with E-state index in [1.54, 1.807) is 23.6 Å². The Hall–Kier alpha value is -1.71. The normalized spacial score (nSPS) is 10.8. The summed E-state index contributed by atoms with van der Waals surface area (Å²) in [4.78, 5) is 17.5. The second-order valence-corrected chi connectivity index (χ2v) is 7.99. The van der Waals surface area contributed by atoms with Crippen molar-refractivity contribution in [3.63, 3.8) is 0 Å². The van der Waals surface area contributed by atoms with Crippen molar-refractivity contribution in [3.05, 3.63) is 51.0 Å². The van der Waals surface area contributed by atoms with Crippen LogP contribution in [0, 0.1) is 0 Å². The average Bonchev–Trinajstić information content (AvgIpc) is 3.25. The van der Waals surface area contributed by atoms with E-state index < -0.39 is 0 Å². The number of anilines is 1. The van der Waals surface area contributed by atoms with Gasteiger partial charge in [0.05, 0.1) is 5.75 Å². The summed E-state index contributed by atoms with van der Waals surface area (Å²) in [6, 6.07) is 7.70. The molecular weight excluding hydrogens is 422 g/mol. The Kier molecular flexibility index (Phi) is 6.22. The maximum absolute atomic E-state index is 12.1. The topological polar surface area (TPSA) is 72.7 Å². The second-order valence-electron chi connectivity index (χ2n) is 5.10. The van der Waals surface area contributed by atoms with Gasteiger partial charge in [-0.15, -0.1) is 21.5 Å². The Bertz CT molecular complexity index is 833. The van der Waals surface area contributed by atoms with Gasteiger partial charge in [0.15, 0.2) is 5.16 Å². The number of rotatable bonds is 7. The molecule has 0 aliphatic carbocycles. The van der Waals surface area contributed by atoms with Crippen LogP contribution in [0.25, 0.3) is 0 Å². The predicted molar refractivity (Wildman–Crippen MR) is 104 cm³/mol. The zero-order chi connectivity index (χ0) is 17.6. The van der Waals surface area contributed by atoms with Crippen LogP contribution in [0.1, 0.15) is 17.6 Å². The van der Waals surface area contributed by atoms with Crippen molar-refractivity contribution >= 4 is 50.8 Å². The minimum atomic E-state index is -0.120. The molecule has 0 saturated heterocycles. The number of halogens is 1. The largest absolute Gasteiger partial charge is 0.310 e. The van der Waals surface area contributed by atoms with E-state index in [1.165, 1.54) is 16.6 Å². The van der Waals surface area contributed by atoms with Crippen molar-refractivity contribution in [1.82, 2.24) is 19.7 Å². The third kappa shape index (κ3) is 4.90. The van der Waals surface area contributed by atoms with Crippen LogP contribution in [-0.2, 0) is 17.8 Å². The van der Waals surface area contributed by atoms with Crippen molar-refractivity contribution < 1.29 is 4.79 Å². The van der Waals surface area contributed by atoms with Gasteiger partial charge in [-0.05, 0) is 46.4 Å². The van der Waals surface area contributed by atoms with Gasteiger partial charge in [0.1, 0.15) is 11.6 Å². The van der Waals surface area contributed by atoms with E-state index in [9.17, 15) is 4.79 Å². The minimum absolute atomic E-state index is 0.120. The van der Waals surface area contributed by atoms with E-state index >= 15 is 0 Å². The van der Waals surface area contributed by atoms with E-state index in [0.717, 1.165) is 28.4 Å². The van der Waals surface area contributed by atoms with Gasteiger partial charge in [-0.2, -0.15) is 0 Å². The second kappa shape index (κ2) is 8.59. The minimum Gasteiger partial charge on any atom is -0.310 e. The molecule has 3 heterocycles. The Morgan fingerprint density at radius 3 is 2.92 bits per heavy atom. The van der Waals surface area contributed by atoms with E-state index in [-0.39, 0.29) is 11.7 Å². The van der Waals surface area contributed by atoms with Gasteiger partial charge in [-0.1, -0.05) is 17.8 Å². The summed E-state index contributed by atoms with van der Waals surface area (Å²) in [5.41, 5.74) is 0. The van der Waals surface area contributed by atoms with Crippen LogP contribution in [0.4, 0.5) is 5.82 Å². The van der Waals surface area contributed by atoms with Crippen LogP contribution in [0.5, 0.6) is 0 Å². The van der Waals surface area contributed by atoms with Gasteiger partial charge in [-0.3, -0.25) is 4.79 Å². The van der Waals surface area contributed by atoms with E-state index in [4.69, 9.17) is 0 Å². The first kappa shape index (κ1) is 18.1. The summed E-state index contributed by atoms with van der Waals surface area (Å²) in [5, 5.41) is 14.1. The number of hydrogen-bond acceptors (Lipinski definition) is 6. The highest BCUT2D eigenvalue weighted by Gasteiger charge is 2.14. The molecule has 3 rings (SSSR count). The lowest BCUT2D eigenvalue weighted by Crippen LogP contribution is -2.15. The molecule has 1 amide bonds. The summed E-state index contributed by atoms with van der Waals surface area (Å²) in [5.74, 6) is 1.59. The molecule has 0 aromatic carbocycles. The molecule has 0 aliphatic rings. The quantitative estimate of drug-likeness (QED) is 0.568. The lowest BCUT2D eigenvalue weighted by Gasteiger charge is -2.07. The van der Waals surface area contributed by atoms with Crippen molar-refractivity contribution in [2.24, 2.45) is 0 Å². The number of nitrogens with zero attached hydrogens (tertiary/aromatic N) is 4. The summed E-state index contributed by atoms with van der Waals surface area (Å²) in [7, 11) is 0. The van der Waals surface area contributed by atoms with E-state index in [1.807, 2.05) is 12.1 Å². The number of nitrogens with one attached hydrogen (secondary N) is 1. The number of amides is 1. The zero-order valence-corrected chi connectivity index (χ0v) is 16.7. The predicted octanol–water partition coefficient (Wildman–Crippen LogP) is 3.84. The third-order valence-corrected chi connectivity index (χ3v) is 5.66. The molecule has 6 nitrogen and oxygen atoms in total. The third-order valence-electron chi connectivity index (χ3n) is 3.35. The number of pyridine rings is 1. The molecule has 0 unspecified atom stereocenters. The van der Waals surface area contributed by atoms with Crippen LogP contribution < -0.4 is 5.32 Å².